The van der Waals surface area contributed by atoms with E-state index in [2.05, 4.69) is 0 Å². The summed E-state index contributed by atoms with van der Waals surface area (Å²) in [6.07, 6.45) is -0.212. The first kappa shape index (κ1) is 16.5. The van der Waals surface area contributed by atoms with E-state index in [9.17, 15) is 14.7 Å². The van der Waals surface area contributed by atoms with Crippen LogP contribution in [-0.2, 0) is 20.9 Å². The van der Waals surface area contributed by atoms with E-state index in [1.165, 1.54) is 0 Å². The molecule has 0 aromatic heterocycles. The highest BCUT2D eigenvalue weighted by Crippen LogP contribution is 2.20. The SMILES string of the molecule is CC(C)C[C@](O)(C(=O)O)C(=O)OCc1cccc(Cl)c1. The number of carboxylic acid groups (broad SMARTS) is 1. The lowest BCUT2D eigenvalue weighted by Crippen LogP contribution is -2.48. The molecule has 0 aliphatic rings. The average Bonchev–Trinajstić information content (AvgIpc) is 2.34. The summed E-state index contributed by atoms with van der Waals surface area (Å²) in [7, 11) is 0. The number of carbonyl (C=O) groups is 2. The minimum Gasteiger partial charge on any atom is -0.479 e. The van der Waals surface area contributed by atoms with Crippen LogP contribution in [0.5, 0.6) is 0 Å². The van der Waals surface area contributed by atoms with Gasteiger partial charge in [-0.2, -0.15) is 0 Å². The topological polar surface area (TPSA) is 83.8 Å². The molecule has 0 amide bonds. The number of hydrogen-bond donors (Lipinski definition) is 2. The molecule has 20 heavy (non-hydrogen) atoms. The highest BCUT2D eigenvalue weighted by molar-refractivity contribution is 6.30. The van der Waals surface area contributed by atoms with Crippen molar-refractivity contribution in [1.29, 1.82) is 0 Å². The fourth-order valence-electron chi connectivity index (χ4n) is 1.74. The third-order valence-corrected chi connectivity index (χ3v) is 2.89. The molecule has 0 bridgehead atoms. The van der Waals surface area contributed by atoms with Gasteiger partial charge in [-0.25, -0.2) is 9.59 Å². The summed E-state index contributed by atoms with van der Waals surface area (Å²) in [6, 6.07) is 6.63. The number of rotatable bonds is 6. The molecule has 1 rings (SSSR count). The molecule has 1 atom stereocenters. The van der Waals surface area contributed by atoms with Gasteiger partial charge in [0, 0.05) is 11.4 Å². The van der Waals surface area contributed by atoms with Crippen LogP contribution in [-0.4, -0.2) is 27.8 Å². The molecule has 1 aromatic rings. The summed E-state index contributed by atoms with van der Waals surface area (Å²) in [4.78, 5) is 22.9. The Morgan fingerprint density at radius 1 is 1.40 bits per heavy atom. The molecular formula is C14H17ClO5. The summed E-state index contributed by atoms with van der Waals surface area (Å²) >= 11 is 5.79. The van der Waals surface area contributed by atoms with Gasteiger partial charge < -0.3 is 14.9 Å². The van der Waals surface area contributed by atoms with E-state index in [0.29, 0.717) is 10.6 Å². The fraction of sp³-hybridized carbons (Fsp3) is 0.429. The van der Waals surface area contributed by atoms with Gasteiger partial charge in [0.1, 0.15) is 6.61 Å². The molecule has 0 radical (unpaired) electrons. The summed E-state index contributed by atoms with van der Waals surface area (Å²) in [6.45, 7) is 3.27. The Morgan fingerprint density at radius 3 is 2.55 bits per heavy atom. The number of esters is 1. The number of carboxylic acids is 1. The Bertz CT molecular complexity index is 500. The second kappa shape index (κ2) is 6.72. The highest BCUT2D eigenvalue weighted by Gasteiger charge is 2.46. The van der Waals surface area contributed by atoms with E-state index < -0.39 is 17.5 Å². The first-order chi connectivity index (χ1) is 9.25. The summed E-state index contributed by atoms with van der Waals surface area (Å²) in [5.74, 6) is -2.95. The normalized spacial score (nSPS) is 13.8. The van der Waals surface area contributed by atoms with Crippen molar-refractivity contribution >= 4 is 23.5 Å². The Hall–Kier alpha value is -1.59. The van der Waals surface area contributed by atoms with Gasteiger partial charge in [-0.05, 0) is 23.6 Å². The first-order valence-corrected chi connectivity index (χ1v) is 6.51. The Balaban J connectivity index is 2.75. The smallest absolute Gasteiger partial charge is 0.350 e. The van der Waals surface area contributed by atoms with Crippen molar-refractivity contribution in [3.8, 4) is 0 Å². The largest absolute Gasteiger partial charge is 0.479 e. The minimum atomic E-state index is -2.52. The van der Waals surface area contributed by atoms with Crippen molar-refractivity contribution < 1.29 is 24.5 Å². The zero-order valence-corrected chi connectivity index (χ0v) is 12.1. The minimum absolute atomic E-state index is 0.146. The number of benzene rings is 1. The van der Waals surface area contributed by atoms with Crippen molar-refractivity contribution in [2.24, 2.45) is 5.92 Å². The van der Waals surface area contributed by atoms with Crippen LogP contribution in [0.1, 0.15) is 25.8 Å². The van der Waals surface area contributed by atoms with Gasteiger partial charge in [0.15, 0.2) is 0 Å². The van der Waals surface area contributed by atoms with Crippen LogP contribution >= 0.6 is 11.6 Å². The fourth-order valence-corrected chi connectivity index (χ4v) is 1.96. The molecule has 0 saturated heterocycles. The molecule has 5 nitrogen and oxygen atoms in total. The van der Waals surface area contributed by atoms with Crippen LogP contribution in [0.25, 0.3) is 0 Å². The monoisotopic (exact) mass is 300 g/mol. The molecule has 110 valence electrons. The Kier molecular flexibility index (Phi) is 5.53. The van der Waals surface area contributed by atoms with Crippen molar-refractivity contribution in [3.63, 3.8) is 0 Å². The van der Waals surface area contributed by atoms with Gasteiger partial charge in [0.2, 0.25) is 0 Å². The van der Waals surface area contributed by atoms with Crippen LogP contribution in [0, 0.1) is 5.92 Å². The maximum atomic E-state index is 11.8. The van der Waals surface area contributed by atoms with Crippen LogP contribution in [0.3, 0.4) is 0 Å². The third kappa shape index (κ3) is 4.21. The first-order valence-electron chi connectivity index (χ1n) is 6.13. The quantitative estimate of drug-likeness (QED) is 0.622. The molecule has 0 spiro atoms. The number of aliphatic hydroxyl groups is 1. The molecular weight excluding hydrogens is 284 g/mol. The third-order valence-electron chi connectivity index (χ3n) is 2.65. The van der Waals surface area contributed by atoms with Crippen LogP contribution in [0.15, 0.2) is 24.3 Å². The summed E-state index contributed by atoms with van der Waals surface area (Å²) < 4.78 is 4.88. The molecule has 0 unspecified atom stereocenters. The van der Waals surface area contributed by atoms with E-state index in [1.54, 1.807) is 38.1 Å². The number of ether oxygens (including phenoxy) is 1. The number of hydrogen-bond acceptors (Lipinski definition) is 4. The molecule has 0 fully saturated rings. The van der Waals surface area contributed by atoms with Gasteiger partial charge in [-0.3, -0.25) is 0 Å². The van der Waals surface area contributed by atoms with Crippen molar-refractivity contribution in [3.05, 3.63) is 34.9 Å². The summed E-state index contributed by atoms with van der Waals surface area (Å²) in [5, 5.41) is 19.5. The van der Waals surface area contributed by atoms with E-state index in [0.717, 1.165) is 0 Å². The van der Waals surface area contributed by atoms with Gasteiger partial charge in [-0.1, -0.05) is 37.6 Å². The van der Waals surface area contributed by atoms with Gasteiger partial charge >= 0.3 is 11.9 Å². The van der Waals surface area contributed by atoms with Gasteiger partial charge in [0.05, 0.1) is 0 Å². The molecule has 0 aliphatic carbocycles. The molecule has 0 heterocycles. The van der Waals surface area contributed by atoms with Crippen LogP contribution < -0.4 is 0 Å². The molecule has 1 aromatic carbocycles. The van der Waals surface area contributed by atoms with Crippen molar-refractivity contribution in [1.82, 2.24) is 0 Å². The maximum Gasteiger partial charge on any atom is 0.350 e. The number of halogens is 1. The molecule has 0 saturated carbocycles. The molecule has 0 aliphatic heterocycles. The lowest BCUT2D eigenvalue weighted by atomic mass is 9.92. The predicted molar refractivity (Wildman–Crippen MR) is 73.3 cm³/mol. The van der Waals surface area contributed by atoms with Crippen LogP contribution in [0.2, 0.25) is 5.02 Å². The van der Waals surface area contributed by atoms with E-state index in [1.807, 2.05) is 0 Å². The van der Waals surface area contributed by atoms with Gasteiger partial charge in [0.25, 0.3) is 5.60 Å². The summed E-state index contributed by atoms with van der Waals surface area (Å²) in [5.41, 5.74) is -1.91. The lowest BCUT2D eigenvalue weighted by Gasteiger charge is -2.23. The average molecular weight is 301 g/mol. The van der Waals surface area contributed by atoms with Crippen LogP contribution in [0.4, 0.5) is 0 Å². The zero-order valence-electron chi connectivity index (χ0n) is 11.3. The second-order valence-corrected chi connectivity index (χ2v) is 5.41. The van der Waals surface area contributed by atoms with Gasteiger partial charge in [-0.15, -0.1) is 0 Å². The van der Waals surface area contributed by atoms with Crippen molar-refractivity contribution in [2.75, 3.05) is 0 Å². The molecule has 2 N–H and O–H groups in total. The predicted octanol–water partition coefficient (Wildman–Crippen LogP) is 2.25. The Morgan fingerprint density at radius 2 is 2.05 bits per heavy atom. The van der Waals surface area contributed by atoms with Crippen molar-refractivity contribution in [2.45, 2.75) is 32.5 Å². The standard InChI is InChI=1S/C14H17ClO5/c1-9(2)7-14(19,12(16)17)13(18)20-8-10-4-3-5-11(15)6-10/h3-6,9,19H,7-8H2,1-2H3,(H,16,17)/t14-/m0/s1. The van der Waals surface area contributed by atoms with E-state index >= 15 is 0 Å². The highest BCUT2D eigenvalue weighted by atomic mass is 35.5. The van der Waals surface area contributed by atoms with E-state index in [4.69, 9.17) is 21.4 Å². The lowest BCUT2D eigenvalue weighted by molar-refractivity contribution is -0.182. The number of aliphatic carboxylic acids is 1. The second-order valence-electron chi connectivity index (χ2n) is 4.97. The molecule has 6 heteroatoms. The maximum absolute atomic E-state index is 11.8. The Labute approximate surface area is 122 Å². The number of carbonyl (C=O) groups excluding carboxylic acids is 1. The van der Waals surface area contributed by atoms with E-state index in [-0.39, 0.29) is 18.9 Å². The zero-order chi connectivity index (χ0) is 15.3.